The second-order valence-corrected chi connectivity index (χ2v) is 11.6. The second-order valence-electron chi connectivity index (χ2n) is 11.6. The molecule has 1 saturated carbocycles. The van der Waals surface area contributed by atoms with Gasteiger partial charge < -0.3 is 19.3 Å². The minimum absolute atomic E-state index is 0.0484. The van der Waals surface area contributed by atoms with Crippen LogP contribution in [0.2, 0.25) is 0 Å². The summed E-state index contributed by atoms with van der Waals surface area (Å²) in [7, 11) is 1.60. The van der Waals surface area contributed by atoms with E-state index in [4.69, 9.17) is 4.74 Å². The van der Waals surface area contributed by atoms with Crippen LogP contribution in [-0.2, 0) is 11.3 Å². The first-order valence-electron chi connectivity index (χ1n) is 14.3. The van der Waals surface area contributed by atoms with Crippen LogP contribution in [0.15, 0.2) is 78.0 Å². The Bertz CT molecular complexity index is 1630. The quantitative estimate of drug-likeness (QED) is 0.357. The highest BCUT2D eigenvalue weighted by molar-refractivity contribution is 5.80. The minimum Gasteiger partial charge on any atom is -0.497 e. The maximum absolute atomic E-state index is 14.4. The van der Waals surface area contributed by atoms with E-state index in [1.165, 1.54) is 10.9 Å². The highest BCUT2D eigenvalue weighted by Crippen LogP contribution is 2.46. The molecule has 2 fully saturated rings. The van der Waals surface area contributed by atoms with Gasteiger partial charge in [0.25, 0.3) is 5.56 Å². The van der Waals surface area contributed by atoms with Crippen molar-refractivity contribution in [2.45, 2.75) is 56.1 Å². The molecular weight excluding hydrogens is 542 g/mol. The van der Waals surface area contributed by atoms with Crippen molar-refractivity contribution in [3.63, 3.8) is 0 Å². The number of piperidine rings is 1. The number of likely N-dealkylation sites (tertiary alicyclic amines) is 1. The Morgan fingerprint density at radius 2 is 1.76 bits per heavy atom. The van der Waals surface area contributed by atoms with Crippen LogP contribution in [-0.4, -0.2) is 61.8 Å². The van der Waals surface area contributed by atoms with Gasteiger partial charge in [0.05, 0.1) is 24.6 Å². The van der Waals surface area contributed by atoms with Gasteiger partial charge in [-0.1, -0.05) is 30.3 Å². The molecule has 1 aliphatic carbocycles. The Morgan fingerprint density at radius 1 is 1.05 bits per heavy atom. The SMILES string of the molecule is COc1ccc(-n2ccc3c(=O)n(CC4(O)CCN(C(=O)C5CCC(F)(F)CC5c5ccccc5)CC4)cnc32)cc1. The number of rotatable bonds is 6. The first-order valence-corrected chi connectivity index (χ1v) is 14.3. The summed E-state index contributed by atoms with van der Waals surface area (Å²) in [5.41, 5.74) is 0.648. The van der Waals surface area contributed by atoms with Crippen LogP contribution in [0.5, 0.6) is 5.75 Å². The molecule has 0 radical (unpaired) electrons. The summed E-state index contributed by atoms with van der Waals surface area (Å²) in [6.07, 6.45) is 3.26. The van der Waals surface area contributed by atoms with Crippen molar-refractivity contribution in [1.82, 2.24) is 19.0 Å². The Labute approximate surface area is 242 Å². The van der Waals surface area contributed by atoms with Gasteiger partial charge in [0, 0.05) is 49.7 Å². The standard InChI is InChI=1S/C32H34F2N4O4/c1-42-24-9-7-23(8-10-24)38-16-12-26-28(38)35-21-37(30(26)40)20-31(41)14-17-36(18-15-31)29(39)25-11-13-32(33,34)19-27(25)22-5-3-2-4-6-22/h2-10,12,16,21,25,27,41H,11,13-15,17-20H2,1H3. The summed E-state index contributed by atoms with van der Waals surface area (Å²) < 4.78 is 37.2. The first-order chi connectivity index (χ1) is 20.2. The lowest BCUT2D eigenvalue weighted by Crippen LogP contribution is -2.52. The molecule has 0 spiro atoms. The van der Waals surface area contributed by atoms with Crippen molar-refractivity contribution in [3.05, 3.63) is 89.1 Å². The molecule has 8 nitrogen and oxygen atoms in total. The number of alkyl halides is 2. The van der Waals surface area contributed by atoms with Crippen LogP contribution in [0.4, 0.5) is 8.78 Å². The number of ether oxygens (including phenoxy) is 1. The third kappa shape index (κ3) is 5.43. The van der Waals surface area contributed by atoms with Gasteiger partial charge >= 0.3 is 0 Å². The summed E-state index contributed by atoms with van der Waals surface area (Å²) in [5, 5.41) is 11.9. The molecule has 3 heterocycles. The average Bonchev–Trinajstić information content (AvgIpc) is 3.44. The number of aromatic nitrogens is 3. The molecule has 2 aromatic heterocycles. The molecule has 10 heteroatoms. The van der Waals surface area contributed by atoms with Gasteiger partial charge in [0.2, 0.25) is 11.8 Å². The van der Waals surface area contributed by atoms with Crippen LogP contribution in [0.1, 0.15) is 43.6 Å². The Morgan fingerprint density at radius 3 is 2.45 bits per heavy atom. The topological polar surface area (TPSA) is 89.6 Å². The highest BCUT2D eigenvalue weighted by atomic mass is 19.3. The number of amides is 1. The van der Waals surface area contributed by atoms with Crippen LogP contribution in [0, 0.1) is 5.92 Å². The van der Waals surface area contributed by atoms with Crippen molar-refractivity contribution in [3.8, 4) is 11.4 Å². The number of hydrogen-bond acceptors (Lipinski definition) is 5. The van der Waals surface area contributed by atoms with Crippen molar-refractivity contribution in [2.75, 3.05) is 20.2 Å². The molecule has 220 valence electrons. The van der Waals surface area contributed by atoms with Gasteiger partial charge in [0.1, 0.15) is 12.1 Å². The van der Waals surface area contributed by atoms with Crippen molar-refractivity contribution in [1.29, 1.82) is 0 Å². The van der Waals surface area contributed by atoms with E-state index in [0.29, 0.717) is 24.1 Å². The first kappa shape index (κ1) is 28.1. The highest BCUT2D eigenvalue weighted by Gasteiger charge is 2.46. The van der Waals surface area contributed by atoms with E-state index in [9.17, 15) is 23.5 Å². The summed E-state index contributed by atoms with van der Waals surface area (Å²) in [5.74, 6) is -3.28. The molecule has 2 aromatic carbocycles. The zero-order chi connectivity index (χ0) is 29.5. The van der Waals surface area contributed by atoms with Crippen LogP contribution in [0.25, 0.3) is 16.7 Å². The van der Waals surface area contributed by atoms with Crippen molar-refractivity contribution >= 4 is 16.9 Å². The fraction of sp³-hybridized carbons (Fsp3) is 0.406. The Hall–Kier alpha value is -4.05. The van der Waals surface area contributed by atoms with E-state index < -0.39 is 23.4 Å². The Balaban J connectivity index is 1.15. The number of methoxy groups -OCH3 is 1. The zero-order valence-electron chi connectivity index (χ0n) is 23.5. The monoisotopic (exact) mass is 576 g/mol. The maximum Gasteiger partial charge on any atom is 0.262 e. The van der Waals surface area contributed by atoms with E-state index in [1.807, 2.05) is 59.2 Å². The van der Waals surface area contributed by atoms with E-state index in [2.05, 4.69) is 4.98 Å². The number of fused-ring (bicyclic) bond motifs is 1. The molecule has 2 unspecified atom stereocenters. The number of carbonyl (C=O) groups is 1. The number of hydrogen-bond donors (Lipinski definition) is 1. The third-order valence-corrected chi connectivity index (χ3v) is 8.86. The lowest BCUT2D eigenvalue weighted by atomic mass is 9.73. The van der Waals surface area contributed by atoms with Crippen LogP contribution in [0.3, 0.4) is 0 Å². The molecule has 4 aromatic rings. The molecule has 1 saturated heterocycles. The second kappa shape index (κ2) is 11.0. The predicted molar refractivity (Wildman–Crippen MR) is 154 cm³/mol. The maximum atomic E-state index is 14.4. The lowest BCUT2D eigenvalue weighted by molar-refractivity contribution is -0.145. The van der Waals surface area contributed by atoms with E-state index >= 15 is 0 Å². The molecule has 1 N–H and O–H groups in total. The van der Waals surface area contributed by atoms with E-state index in [0.717, 1.165) is 17.0 Å². The largest absolute Gasteiger partial charge is 0.497 e. The summed E-state index contributed by atoms with van der Waals surface area (Å²) >= 11 is 0. The van der Waals surface area contributed by atoms with Gasteiger partial charge in [0.15, 0.2) is 5.65 Å². The fourth-order valence-electron chi connectivity index (χ4n) is 6.45. The number of benzene rings is 2. The van der Waals surface area contributed by atoms with Gasteiger partial charge in [-0.3, -0.25) is 14.2 Å². The Kier molecular flexibility index (Phi) is 7.34. The predicted octanol–water partition coefficient (Wildman–Crippen LogP) is 4.77. The van der Waals surface area contributed by atoms with Gasteiger partial charge in [-0.2, -0.15) is 0 Å². The van der Waals surface area contributed by atoms with E-state index in [-0.39, 0.29) is 50.1 Å². The smallest absolute Gasteiger partial charge is 0.262 e. The molecular formula is C32H34F2N4O4. The molecule has 42 heavy (non-hydrogen) atoms. The van der Waals surface area contributed by atoms with Crippen LogP contribution < -0.4 is 10.3 Å². The fourth-order valence-corrected chi connectivity index (χ4v) is 6.45. The normalized spacial score (nSPS) is 21.8. The molecule has 2 atom stereocenters. The molecule has 1 amide bonds. The number of halogens is 2. The number of aliphatic hydroxyl groups is 1. The number of carbonyl (C=O) groups excluding carboxylic acids is 1. The van der Waals surface area contributed by atoms with Gasteiger partial charge in [-0.15, -0.1) is 0 Å². The summed E-state index contributed by atoms with van der Waals surface area (Å²) in [6, 6.07) is 18.2. The number of nitrogens with zero attached hydrogens (tertiary/aromatic N) is 4. The van der Waals surface area contributed by atoms with Crippen molar-refractivity contribution < 1.29 is 23.4 Å². The zero-order valence-corrected chi connectivity index (χ0v) is 23.5. The van der Waals surface area contributed by atoms with Gasteiger partial charge in [-0.05, 0) is 55.2 Å². The van der Waals surface area contributed by atoms with Gasteiger partial charge in [-0.25, -0.2) is 13.8 Å². The molecule has 1 aliphatic heterocycles. The molecule has 6 rings (SSSR count). The molecule has 0 bridgehead atoms. The average molecular weight is 577 g/mol. The lowest BCUT2D eigenvalue weighted by Gasteiger charge is -2.42. The minimum atomic E-state index is -2.79. The van der Waals surface area contributed by atoms with E-state index in [1.54, 1.807) is 24.3 Å². The van der Waals surface area contributed by atoms with Crippen molar-refractivity contribution in [2.24, 2.45) is 5.92 Å². The summed E-state index contributed by atoms with van der Waals surface area (Å²) in [4.78, 5) is 33.2. The third-order valence-electron chi connectivity index (χ3n) is 8.86. The van der Waals surface area contributed by atoms with Crippen LogP contribution >= 0.6 is 0 Å². The molecule has 2 aliphatic rings. The summed E-state index contributed by atoms with van der Waals surface area (Å²) in [6.45, 7) is 0.636.